The van der Waals surface area contributed by atoms with E-state index in [4.69, 9.17) is 0 Å². The van der Waals surface area contributed by atoms with E-state index in [-0.39, 0.29) is 0 Å². The molecule has 1 heterocycles. The van der Waals surface area contributed by atoms with Crippen LogP contribution >= 0.6 is 15.9 Å². The zero-order chi connectivity index (χ0) is 14.3. The van der Waals surface area contributed by atoms with Gasteiger partial charge in [-0.25, -0.2) is 0 Å². The second-order valence-electron chi connectivity index (χ2n) is 6.52. The Hall–Kier alpha value is -0.640. The number of Topliss-reactive ketones (excluding diaryl/α,β-unsaturated/α-hetero) is 1. The number of aryl methyl sites for hydroxylation is 2. The first-order valence-electron chi connectivity index (χ1n) is 7.82. The first kappa shape index (κ1) is 14.3. The Balaban J connectivity index is 1.64. The van der Waals surface area contributed by atoms with Crippen molar-refractivity contribution in [1.29, 1.82) is 0 Å². The summed E-state index contributed by atoms with van der Waals surface area (Å²) >= 11 is 3.58. The number of carbonyl (C=O) groups excluding carboxylic acids is 1. The lowest BCUT2D eigenvalue weighted by molar-refractivity contribution is -0.119. The third-order valence-electron chi connectivity index (χ3n) is 5.19. The van der Waals surface area contributed by atoms with Crippen LogP contribution in [-0.4, -0.2) is 15.6 Å². The molecule has 0 saturated heterocycles. The van der Waals surface area contributed by atoms with Crippen molar-refractivity contribution in [1.82, 2.24) is 9.78 Å². The summed E-state index contributed by atoms with van der Waals surface area (Å²) in [6.45, 7) is 4.88. The van der Waals surface area contributed by atoms with Gasteiger partial charge in [-0.1, -0.05) is 6.42 Å². The molecule has 2 fully saturated rings. The van der Waals surface area contributed by atoms with E-state index in [9.17, 15) is 4.79 Å². The lowest BCUT2D eigenvalue weighted by Gasteiger charge is -2.20. The fraction of sp³-hybridized carbons (Fsp3) is 0.750. The van der Waals surface area contributed by atoms with E-state index in [1.54, 1.807) is 0 Å². The lowest BCUT2D eigenvalue weighted by Crippen LogP contribution is -2.18. The van der Waals surface area contributed by atoms with Gasteiger partial charge in [0.05, 0.1) is 15.9 Å². The Morgan fingerprint density at radius 3 is 2.80 bits per heavy atom. The molecule has 1 aromatic heterocycles. The molecule has 0 radical (unpaired) electrons. The Morgan fingerprint density at radius 2 is 2.20 bits per heavy atom. The highest BCUT2D eigenvalue weighted by Crippen LogP contribution is 2.49. The second-order valence-corrected chi connectivity index (χ2v) is 7.31. The molecule has 0 amide bonds. The number of fused-ring (bicyclic) bond motifs is 2. The van der Waals surface area contributed by atoms with E-state index in [1.807, 2.05) is 11.6 Å². The van der Waals surface area contributed by atoms with Gasteiger partial charge in [-0.2, -0.15) is 5.10 Å². The average molecular weight is 339 g/mol. The molecule has 3 rings (SSSR count). The molecule has 2 bridgehead atoms. The van der Waals surface area contributed by atoms with Crippen LogP contribution in [-0.2, 0) is 17.8 Å². The highest BCUT2D eigenvalue weighted by molar-refractivity contribution is 9.10. The van der Waals surface area contributed by atoms with Crippen LogP contribution in [0.4, 0.5) is 0 Å². The quantitative estimate of drug-likeness (QED) is 0.815. The highest BCUT2D eigenvalue weighted by atomic mass is 79.9. The van der Waals surface area contributed by atoms with Gasteiger partial charge in [0.1, 0.15) is 5.78 Å². The summed E-state index contributed by atoms with van der Waals surface area (Å²) < 4.78 is 2.97. The fourth-order valence-electron chi connectivity index (χ4n) is 4.22. The van der Waals surface area contributed by atoms with Gasteiger partial charge in [-0.3, -0.25) is 9.48 Å². The molecule has 110 valence electrons. The Morgan fingerprint density at radius 1 is 1.40 bits per heavy atom. The molecule has 1 aromatic rings. The van der Waals surface area contributed by atoms with E-state index in [0.29, 0.717) is 18.1 Å². The summed E-state index contributed by atoms with van der Waals surface area (Å²) in [5.74, 6) is 2.81. The fourth-order valence-corrected chi connectivity index (χ4v) is 4.64. The molecule has 3 nitrogen and oxygen atoms in total. The van der Waals surface area contributed by atoms with E-state index in [1.165, 1.54) is 25.7 Å². The van der Waals surface area contributed by atoms with Gasteiger partial charge in [0, 0.05) is 19.4 Å². The molecule has 0 aromatic carbocycles. The number of halogens is 1. The maximum Gasteiger partial charge on any atom is 0.139 e. The van der Waals surface area contributed by atoms with Gasteiger partial charge in [0.25, 0.3) is 0 Å². The first-order valence-corrected chi connectivity index (χ1v) is 8.61. The number of carbonyl (C=O) groups is 1. The molecule has 2 aliphatic carbocycles. The van der Waals surface area contributed by atoms with E-state index >= 15 is 0 Å². The summed E-state index contributed by atoms with van der Waals surface area (Å²) in [6, 6.07) is 0. The molecule has 4 heteroatoms. The maximum atomic E-state index is 12.4. The predicted octanol–water partition coefficient (Wildman–Crippen LogP) is 3.91. The number of rotatable bonds is 5. The van der Waals surface area contributed by atoms with Crippen LogP contribution in [0.2, 0.25) is 0 Å². The van der Waals surface area contributed by atoms with Crippen LogP contribution in [0.3, 0.4) is 0 Å². The molecule has 0 spiro atoms. The van der Waals surface area contributed by atoms with Crippen LogP contribution < -0.4 is 0 Å². The van der Waals surface area contributed by atoms with Crippen LogP contribution in [0, 0.1) is 24.7 Å². The van der Waals surface area contributed by atoms with Gasteiger partial charge in [-0.05, 0) is 66.8 Å². The van der Waals surface area contributed by atoms with Gasteiger partial charge >= 0.3 is 0 Å². The van der Waals surface area contributed by atoms with Gasteiger partial charge in [-0.15, -0.1) is 0 Å². The third kappa shape index (κ3) is 2.59. The summed E-state index contributed by atoms with van der Waals surface area (Å²) in [4.78, 5) is 12.4. The van der Waals surface area contributed by atoms with Crippen molar-refractivity contribution in [3.63, 3.8) is 0 Å². The average Bonchev–Trinajstić information content (AvgIpc) is 3.09. The second kappa shape index (κ2) is 5.63. The summed E-state index contributed by atoms with van der Waals surface area (Å²) in [5.41, 5.74) is 2.03. The van der Waals surface area contributed by atoms with Crippen molar-refractivity contribution in [2.24, 2.45) is 17.8 Å². The summed E-state index contributed by atoms with van der Waals surface area (Å²) in [7, 11) is 0. The van der Waals surface area contributed by atoms with Gasteiger partial charge < -0.3 is 0 Å². The molecule has 3 unspecified atom stereocenters. The van der Waals surface area contributed by atoms with Crippen LogP contribution in [0.1, 0.15) is 50.4 Å². The number of nitrogens with zero attached hydrogens (tertiary/aromatic N) is 2. The molecule has 0 aliphatic heterocycles. The number of hydrogen-bond acceptors (Lipinski definition) is 2. The smallest absolute Gasteiger partial charge is 0.139 e. The standard InChI is InChI=1S/C16H23BrN2O/c1-3-19-15(16(17)10(2)18-19)9-14(20)8-13-7-11-4-5-12(13)6-11/h11-13H,3-9H2,1-2H3. The van der Waals surface area contributed by atoms with Gasteiger partial charge in [0.2, 0.25) is 0 Å². The Bertz CT molecular complexity index is 523. The topological polar surface area (TPSA) is 34.9 Å². The lowest BCUT2D eigenvalue weighted by atomic mass is 9.84. The van der Waals surface area contributed by atoms with Crippen molar-refractivity contribution in [2.75, 3.05) is 0 Å². The SMILES string of the molecule is CCn1nc(C)c(Br)c1CC(=O)CC1CC2CCC1C2. The number of ketones is 1. The first-order chi connectivity index (χ1) is 9.58. The van der Waals surface area contributed by atoms with Crippen LogP contribution in [0.25, 0.3) is 0 Å². The number of hydrogen-bond donors (Lipinski definition) is 0. The minimum Gasteiger partial charge on any atom is -0.299 e. The van der Waals surface area contributed by atoms with Crippen molar-refractivity contribution >= 4 is 21.7 Å². The molecular formula is C16H23BrN2O. The number of aromatic nitrogens is 2. The summed E-state index contributed by atoms with van der Waals surface area (Å²) in [5, 5.41) is 4.47. The maximum absolute atomic E-state index is 12.4. The normalized spacial score (nSPS) is 28.2. The minimum absolute atomic E-state index is 0.387. The van der Waals surface area contributed by atoms with Crippen molar-refractivity contribution in [2.45, 2.75) is 58.9 Å². The van der Waals surface area contributed by atoms with E-state index < -0.39 is 0 Å². The zero-order valence-electron chi connectivity index (χ0n) is 12.4. The van der Waals surface area contributed by atoms with E-state index in [2.05, 4.69) is 28.0 Å². The van der Waals surface area contributed by atoms with Crippen LogP contribution in [0.5, 0.6) is 0 Å². The van der Waals surface area contributed by atoms with Gasteiger partial charge in [0.15, 0.2) is 0 Å². The molecule has 20 heavy (non-hydrogen) atoms. The van der Waals surface area contributed by atoms with Crippen molar-refractivity contribution in [3.8, 4) is 0 Å². The molecule has 2 saturated carbocycles. The Kier molecular flexibility index (Phi) is 4.02. The molecular weight excluding hydrogens is 316 g/mol. The van der Waals surface area contributed by atoms with Crippen molar-refractivity contribution in [3.05, 3.63) is 15.9 Å². The monoisotopic (exact) mass is 338 g/mol. The third-order valence-corrected chi connectivity index (χ3v) is 6.22. The molecule has 0 N–H and O–H groups in total. The predicted molar refractivity (Wildman–Crippen MR) is 82.6 cm³/mol. The highest BCUT2D eigenvalue weighted by Gasteiger charge is 2.40. The van der Waals surface area contributed by atoms with E-state index in [0.717, 1.165) is 40.7 Å². The zero-order valence-corrected chi connectivity index (χ0v) is 13.9. The summed E-state index contributed by atoms with van der Waals surface area (Å²) in [6.07, 6.45) is 6.75. The minimum atomic E-state index is 0.387. The Labute approximate surface area is 129 Å². The molecule has 3 atom stereocenters. The van der Waals surface area contributed by atoms with Crippen molar-refractivity contribution < 1.29 is 4.79 Å². The van der Waals surface area contributed by atoms with Crippen LogP contribution in [0.15, 0.2) is 4.47 Å². The largest absolute Gasteiger partial charge is 0.299 e. The molecule has 2 aliphatic rings.